The number of ether oxygens (including phenoxy) is 4. The van der Waals surface area contributed by atoms with Gasteiger partial charge in [-0.05, 0) is 59.7 Å². The third-order valence-corrected chi connectivity index (χ3v) is 7.22. The Balaban J connectivity index is 0.000000944. The highest BCUT2D eigenvalue weighted by molar-refractivity contribution is 5.96. The topological polar surface area (TPSA) is 150 Å². The van der Waals surface area contributed by atoms with E-state index in [1.54, 1.807) is 42.5 Å². The van der Waals surface area contributed by atoms with Gasteiger partial charge in [0.1, 0.15) is 17.4 Å². The predicted molar refractivity (Wildman–Crippen MR) is 179 cm³/mol. The number of amides is 2. The molecule has 0 aliphatic heterocycles. The second-order valence-corrected chi connectivity index (χ2v) is 10.7. The van der Waals surface area contributed by atoms with Gasteiger partial charge in [0.2, 0.25) is 17.6 Å². The fourth-order valence-electron chi connectivity index (χ4n) is 4.68. The summed E-state index contributed by atoms with van der Waals surface area (Å²) < 4.78 is 82.4. The van der Waals surface area contributed by atoms with Gasteiger partial charge in [0.25, 0.3) is 0 Å². The summed E-state index contributed by atoms with van der Waals surface area (Å²) in [4.78, 5) is 36.9. The van der Waals surface area contributed by atoms with Crippen molar-refractivity contribution in [2.75, 3.05) is 26.2 Å². The van der Waals surface area contributed by atoms with Crippen molar-refractivity contribution >= 4 is 23.5 Å². The molecule has 4 aromatic carbocycles. The van der Waals surface area contributed by atoms with E-state index in [1.807, 2.05) is 18.2 Å². The van der Waals surface area contributed by atoms with E-state index in [-0.39, 0.29) is 31.5 Å². The molecule has 278 valence electrons. The van der Waals surface area contributed by atoms with Crippen LogP contribution in [0, 0.1) is 11.6 Å². The van der Waals surface area contributed by atoms with E-state index < -0.39 is 35.6 Å². The van der Waals surface area contributed by atoms with Crippen LogP contribution in [-0.2, 0) is 34.0 Å². The first kappa shape index (κ1) is 40.5. The molecular weight excluding hydrogens is 697 g/mol. The molecule has 16 heteroatoms. The Morgan fingerprint density at radius 3 is 1.94 bits per heavy atom. The molecule has 0 spiro atoms. The second kappa shape index (κ2) is 18.9. The van der Waals surface area contributed by atoms with Gasteiger partial charge < -0.3 is 40.0 Å². The summed E-state index contributed by atoms with van der Waals surface area (Å²) in [5.74, 6) is -3.10. The lowest BCUT2D eigenvalue weighted by Gasteiger charge is -2.26. The average Bonchev–Trinajstić information content (AvgIpc) is 3.12. The number of nitrogens with zero attached hydrogens (tertiary/aromatic N) is 1. The molecule has 0 saturated heterocycles. The Bertz CT molecular complexity index is 1810. The molecule has 0 saturated carbocycles. The monoisotopic (exact) mass is 733 g/mol. The van der Waals surface area contributed by atoms with Crippen LogP contribution in [0.15, 0.2) is 78.9 Å². The quantitative estimate of drug-likeness (QED) is 0.123. The van der Waals surface area contributed by atoms with Crippen LogP contribution < -0.4 is 34.9 Å². The number of carbonyl (C=O) groups is 3. The molecule has 4 rings (SSSR count). The van der Waals surface area contributed by atoms with E-state index in [4.69, 9.17) is 34.6 Å². The van der Waals surface area contributed by atoms with Crippen molar-refractivity contribution < 1.29 is 60.4 Å². The largest absolute Gasteiger partial charge is 0.493 e. The zero-order valence-electron chi connectivity index (χ0n) is 28.3. The van der Waals surface area contributed by atoms with Crippen molar-refractivity contribution in [1.82, 2.24) is 5.32 Å². The van der Waals surface area contributed by atoms with Crippen LogP contribution in [0.5, 0.6) is 28.7 Å². The van der Waals surface area contributed by atoms with Crippen LogP contribution >= 0.6 is 0 Å². The molecule has 0 radical (unpaired) electrons. The normalized spacial score (nSPS) is 10.7. The molecular formula is C36H36F5N3O8. The van der Waals surface area contributed by atoms with Gasteiger partial charge in [0.15, 0.2) is 17.2 Å². The highest BCUT2D eigenvalue weighted by Gasteiger charge is 2.38. The van der Waals surface area contributed by atoms with Gasteiger partial charge in [-0.25, -0.2) is 13.6 Å². The number of carboxylic acids is 1. The van der Waals surface area contributed by atoms with Crippen LogP contribution in [0.25, 0.3) is 0 Å². The fraction of sp³-hybridized carbons (Fsp3) is 0.250. The Labute approximate surface area is 295 Å². The first-order valence-corrected chi connectivity index (χ1v) is 15.4. The molecule has 11 nitrogen and oxygen atoms in total. The maximum absolute atomic E-state index is 14.0. The summed E-state index contributed by atoms with van der Waals surface area (Å²) in [6.45, 7) is 0.0379. The number of rotatable bonds is 14. The number of carboxylic acid groups (broad SMARTS) is 1. The number of anilines is 1. The van der Waals surface area contributed by atoms with E-state index >= 15 is 0 Å². The Morgan fingerprint density at radius 2 is 1.38 bits per heavy atom. The van der Waals surface area contributed by atoms with E-state index in [0.717, 1.165) is 17.7 Å². The minimum Gasteiger partial charge on any atom is -0.493 e. The lowest BCUT2D eigenvalue weighted by molar-refractivity contribution is -0.192. The average molecular weight is 734 g/mol. The smallest absolute Gasteiger partial charge is 0.490 e. The van der Waals surface area contributed by atoms with Gasteiger partial charge in [0, 0.05) is 31.5 Å². The van der Waals surface area contributed by atoms with Gasteiger partial charge >= 0.3 is 12.1 Å². The first-order chi connectivity index (χ1) is 24.7. The minimum absolute atomic E-state index is 0.0564. The van der Waals surface area contributed by atoms with Crippen molar-refractivity contribution in [3.05, 3.63) is 107 Å². The zero-order chi connectivity index (χ0) is 38.4. The van der Waals surface area contributed by atoms with Crippen molar-refractivity contribution in [2.24, 2.45) is 5.73 Å². The molecule has 2 amide bonds. The Hall–Kier alpha value is -5.90. The number of aliphatic carboxylic acids is 1. The van der Waals surface area contributed by atoms with Crippen molar-refractivity contribution in [1.29, 1.82) is 0 Å². The number of nitrogens with two attached hydrogens (primary N) is 1. The number of hydrogen-bond acceptors (Lipinski definition) is 8. The number of nitrogens with one attached hydrogen (secondary N) is 1. The predicted octanol–water partition coefficient (Wildman–Crippen LogP) is 6.50. The molecule has 52 heavy (non-hydrogen) atoms. The van der Waals surface area contributed by atoms with Gasteiger partial charge in [-0.2, -0.15) is 13.2 Å². The molecule has 4 aromatic rings. The van der Waals surface area contributed by atoms with Crippen molar-refractivity contribution in [3.8, 4) is 28.7 Å². The van der Waals surface area contributed by atoms with Crippen LogP contribution in [0.2, 0.25) is 0 Å². The highest BCUT2D eigenvalue weighted by Crippen LogP contribution is 2.40. The Kier molecular flexibility index (Phi) is 14.7. The standard InChI is InChI=1S/C34H35F2N3O6.C2HF3O2/c1-42-30-17-23(18-31(43-2)34(30)44-3)21-39(28-12-4-5-13-29(28)45-24-9-6-8-22(16-24)19-37)33(41)15-14-32(40)38-20-25-26(35)10-7-11-27(25)36;3-2(4,5)1(6)7/h4-13,16-18H,14-15,19-21,37H2,1-3H3,(H,38,40);(H,6,7). The summed E-state index contributed by atoms with van der Waals surface area (Å²) in [6.07, 6.45) is -5.50. The lowest BCUT2D eigenvalue weighted by Crippen LogP contribution is -2.32. The van der Waals surface area contributed by atoms with Gasteiger partial charge in [-0.1, -0.05) is 30.3 Å². The molecule has 0 aromatic heterocycles. The molecule has 0 aliphatic carbocycles. The SMILES string of the molecule is COc1cc(CN(C(=O)CCC(=O)NCc2c(F)cccc2F)c2ccccc2Oc2cccc(CN)c2)cc(OC)c1OC.O=C(O)C(F)(F)F. The molecule has 0 aliphatic rings. The van der Waals surface area contributed by atoms with E-state index in [1.165, 1.54) is 32.3 Å². The molecule has 0 fully saturated rings. The van der Waals surface area contributed by atoms with Crippen LogP contribution in [0.3, 0.4) is 0 Å². The first-order valence-electron chi connectivity index (χ1n) is 15.4. The lowest BCUT2D eigenvalue weighted by atomic mass is 10.1. The number of para-hydroxylation sites is 2. The Morgan fingerprint density at radius 1 is 0.788 bits per heavy atom. The van der Waals surface area contributed by atoms with Gasteiger partial charge in [-0.15, -0.1) is 0 Å². The maximum Gasteiger partial charge on any atom is 0.490 e. The molecule has 0 atom stereocenters. The van der Waals surface area contributed by atoms with Crippen LogP contribution in [0.4, 0.5) is 27.6 Å². The third kappa shape index (κ3) is 11.3. The maximum atomic E-state index is 14.0. The number of benzene rings is 4. The number of hydrogen-bond donors (Lipinski definition) is 3. The van der Waals surface area contributed by atoms with Crippen molar-refractivity contribution in [2.45, 2.75) is 38.7 Å². The molecule has 0 heterocycles. The van der Waals surface area contributed by atoms with E-state index in [9.17, 15) is 31.5 Å². The van der Waals surface area contributed by atoms with Crippen molar-refractivity contribution in [3.63, 3.8) is 0 Å². The fourth-order valence-corrected chi connectivity index (χ4v) is 4.68. The van der Waals surface area contributed by atoms with E-state index in [2.05, 4.69) is 5.32 Å². The summed E-state index contributed by atoms with van der Waals surface area (Å²) in [5, 5.41) is 9.62. The van der Waals surface area contributed by atoms with Crippen LogP contribution in [0.1, 0.15) is 29.5 Å². The summed E-state index contributed by atoms with van der Waals surface area (Å²) in [7, 11) is 4.48. The molecule has 0 unspecified atom stereocenters. The number of methoxy groups -OCH3 is 3. The summed E-state index contributed by atoms with van der Waals surface area (Å²) in [5.41, 5.74) is 7.51. The van der Waals surface area contributed by atoms with Gasteiger partial charge in [0.05, 0.1) is 33.6 Å². The number of halogens is 5. The third-order valence-electron chi connectivity index (χ3n) is 7.22. The number of carbonyl (C=O) groups excluding carboxylic acids is 2. The molecule has 4 N–H and O–H groups in total. The zero-order valence-corrected chi connectivity index (χ0v) is 28.3. The summed E-state index contributed by atoms with van der Waals surface area (Å²) >= 11 is 0. The summed E-state index contributed by atoms with van der Waals surface area (Å²) in [6, 6.07) is 21.2. The minimum atomic E-state index is -5.08. The second-order valence-electron chi connectivity index (χ2n) is 10.7. The highest BCUT2D eigenvalue weighted by atomic mass is 19.4. The number of alkyl halides is 3. The van der Waals surface area contributed by atoms with Crippen LogP contribution in [-0.4, -0.2) is 50.4 Å². The van der Waals surface area contributed by atoms with E-state index in [0.29, 0.717) is 46.5 Å². The molecule has 0 bridgehead atoms. The van der Waals surface area contributed by atoms with Gasteiger partial charge in [-0.3, -0.25) is 9.59 Å².